The summed E-state index contributed by atoms with van der Waals surface area (Å²) in [6.45, 7) is 11.2. The first-order chi connectivity index (χ1) is 9.39. The average Bonchev–Trinajstić information content (AvgIpc) is 2.39. The molecule has 0 aliphatic heterocycles. The van der Waals surface area contributed by atoms with Gasteiger partial charge >= 0.3 is 0 Å². The zero-order valence-electron chi connectivity index (χ0n) is 12.9. The minimum absolute atomic E-state index is 0.0966. The Kier molecular flexibility index (Phi) is 2.82. The minimum Gasteiger partial charge on any atom is -0.247 e. The molecule has 0 radical (unpaired) electrons. The van der Waals surface area contributed by atoms with Crippen molar-refractivity contribution >= 4 is 21.8 Å². The zero-order chi connectivity index (χ0) is 14.5. The highest BCUT2D eigenvalue weighted by molar-refractivity contribution is 6.01. The van der Waals surface area contributed by atoms with Crippen LogP contribution in [0.4, 0.5) is 0 Å². The molecule has 0 saturated heterocycles. The van der Waals surface area contributed by atoms with E-state index in [1.165, 1.54) is 27.5 Å². The zero-order valence-corrected chi connectivity index (χ0v) is 12.9. The lowest BCUT2D eigenvalue weighted by atomic mass is 9.80. The topological polar surface area (TPSA) is 12.9 Å². The normalized spacial score (nSPS) is 12.2. The fourth-order valence-electron chi connectivity index (χ4n) is 3.07. The van der Waals surface area contributed by atoms with Crippen LogP contribution in [-0.4, -0.2) is 4.98 Å². The summed E-state index contributed by atoms with van der Waals surface area (Å²) < 4.78 is 0. The van der Waals surface area contributed by atoms with Gasteiger partial charge in [-0.1, -0.05) is 51.1 Å². The molecule has 0 aliphatic rings. The van der Waals surface area contributed by atoms with E-state index in [9.17, 15) is 0 Å². The van der Waals surface area contributed by atoms with Gasteiger partial charge in [0.2, 0.25) is 0 Å². The molecule has 0 unspecified atom stereocenters. The van der Waals surface area contributed by atoms with Gasteiger partial charge < -0.3 is 0 Å². The maximum Gasteiger partial charge on any atom is 0.0744 e. The van der Waals surface area contributed by atoms with E-state index in [2.05, 4.69) is 71.0 Å². The Morgan fingerprint density at radius 2 is 1.50 bits per heavy atom. The predicted molar refractivity (Wildman–Crippen MR) is 87.4 cm³/mol. The van der Waals surface area contributed by atoms with Crippen LogP contribution in [0.3, 0.4) is 0 Å². The molecule has 0 N–H and O–H groups in total. The van der Waals surface area contributed by atoms with E-state index in [1.807, 2.05) is 0 Å². The van der Waals surface area contributed by atoms with Crippen LogP contribution < -0.4 is 0 Å². The third-order valence-electron chi connectivity index (χ3n) is 3.99. The third-order valence-corrected chi connectivity index (χ3v) is 3.99. The van der Waals surface area contributed by atoms with E-state index in [0.29, 0.717) is 0 Å². The first-order valence-electron chi connectivity index (χ1n) is 7.19. The lowest BCUT2D eigenvalue weighted by Crippen LogP contribution is -2.14. The highest BCUT2D eigenvalue weighted by Crippen LogP contribution is 2.37. The number of hydrogen-bond donors (Lipinski definition) is 0. The van der Waals surface area contributed by atoms with Crippen molar-refractivity contribution < 1.29 is 0 Å². The maximum atomic E-state index is 4.91. The molecule has 3 rings (SSSR count). The number of nitrogens with zero attached hydrogens (tertiary/aromatic N) is 1. The Labute approximate surface area is 120 Å². The summed E-state index contributed by atoms with van der Waals surface area (Å²) >= 11 is 0. The van der Waals surface area contributed by atoms with Crippen LogP contribution in [0, 0.1) is 13.8 Å². The van der Waals surface area contributed by atoms with Crippen LogP contribution in [0.2, 0.25) is 0 Å². The standard InChI is InChI=1S/C19H21N/c1-12-10-11-13(2)18-16(12)17(19(3,4)5)14-8-6-7-9-15(14)20-18/h6-11H,1-5H3. The van der Waals surface area contributed by atoms with E-state index in [0.717, 1.165) is 11.0 Å². The summed E-state index contributed by atoms with van der Waals surface area (Å²) in [4.78, 5) is 4.91. The SMILES string of the molecule is Cc1ccc(C)c2c(C(C)(C)C)c3ccccc3nc12. The molecule has 0 amide bonds. The molecule has 102 valence electrons. The highest BCUT2D eigenvalue weighted by atomic mass is 14.7. The number of hydrogen-bond acceptors (Lipinski definition) is 1. The summed E-state index contributed by atoms with van der Waals surface area (Å²) in [5.41, 5.74) is 6.32. The smallest absolute Gasteiger partial charge is 0.0744 e. The van der Waals surface area contributed by atoms with E-state index in [4.69, 9.17) is 4.98 Å². The van der Waals surface area contributed by atoms with Gasteiger partial charge in [0.1, 0.15) is 0 Å². The van der Waals surface area contributed by atoms with Crippen LogP contribution in [0.5, 0.6) is 0 Å². The Bertz CT molecular complexity index is 807. The van der Waals surface area contributed by atoms with Crippen molar-refractivity contribution in [2.24, 2.45) is 0 Å². The third kappa shape index (κ3) is 1.89. The minimum atomic E-state index is 0.0966. The lowest BCUT2D eigenvalue weighted by Gasteiger charge is -2.25. The first kappa shape index (κ1) is 13.1. The summed E-state index contributed by atoms with van der Waals surface area (Å²) in [5.74, 6) is 0. The molecule has 1 heterocycles. The molecule has 1 aromatic heterocycles. The molecule has 3 aromatic rings. The van der Waals surface area contributed by atoms with E-state index in [-0.39, 0.29) is 5.41 Å². The van der Waals surface area contributed by atoms with Gasteiger partial charge in [0, 0.05) is 10.8 Å². The fraction of sp³-hybridized carbons (Fsp3) is 0.316. The number of benzene rings is 2. The van der Waals surface area contributed by atoms with Crippen molar-refractivity contribution in [3.63, 3.8) is 0 Å². The van der Waals surface area contributed by atoms with Crippen LogP contribution in [0.25, 0.3) is 21.8 Å². The molecule has 1 heteroatoms. The second kappa shape index (κ2) is 4.31. The molecule has 1 nitrogen and oxygen atoms in total. The second-order valence-electron chi connectivity index (χ2n) is 6.68. The molecule has 0 bridgehead atoms. The molecule has 2 aromatic carbocycles. The number of pyridine rings is 1. The first-order valence-corrected chi connectivity index (χ1v) is 7.19. The van der Waals surface area contributed by atoms with Gasteiger partial charge in [0.05, 0.1) is 11.0 Å². The Morgan fingerprint density at radius 1 is 0.850 bits per heavy atom. The highest BCUT2D eigenvalue weighted by Gasteiger charge is 2.22. The molecular formula is C19H21N. The number of para-hydroxylation sites is 1. The van der Waals surface area contributed by atoms with Crippen molar-refractivity contribution in [3.8, 4) is 0 Å². The van der Waals surface area contributed by atoms with Gasteiger partial charge in [-0.25, -0.2) is 4.98 Å². The van der Waals surface area contributed by atoms with Crippen LogP contribution in [0.1, 0.15) is 37.5 Å². The van der Waals surface area contributed by atoms with Gasteiger partial charge in [-0.15, -0.1) is 0 Å². The molecule has 0 saturated carbocycles. The van der Waals surface area contributed by atoms with Gasteiger partial charge in [0.15, 0.2) is 0 Å². The molecule has 20 heavy (non-hydrogen) atoms. The summed E-state index contributed by atoms with van der Waals surface area (Å²) in [7, 11) is 0. The van der Waals surface area contributed by atoms with Gasteiger partial charge in [-0.3, -0.25) is 0 Å². The Hall–Kier alpha value is -1.89. The van der Waals surface area contributed by atoms with Crippen molar-refractivity contribution in [2.75, 3.05) is 0 Å². The summed E-state index contributed by atoms with van der Waals surface area (Å²) in [6, 6.07) is 12.9. The van der Waals surface area contributed by atoms with Gasteiger partial charge in [-0.2, -0.15) is 0 Å². The van der Waals surface area contributed by atoms with E-state index in [1.54, 1.807) is 0 Å². The van der Waals surface area contributed by atoms with Crippen molar-refractivity contribution in [3.05, 3.63) is 53.1 Å². The quantitative estimate of drug-likeness (QED) is 0.501. The number of fused-ring (bicyclic) bond motifs is 2. The van der Waals surface area contributed by atoms with Crippen molar-refractivity contribution in [2.45, 2.75) is 40.0 Å². The van der Waals surface area contributed by atoms with Crippen LogP contribution in [-0.2, 0) is 5.41 Å². The molecule has 0 aliphatic carbocycles. The molecular weight excluding hydrogens is 242 g/mol. The van der Waals surface area contributed by atoms with Crippen molar-refractivity contribution in [1.29, 1.82) is 0 Å². The molecule has 0 spiro atoms. The predicted octanol–water partition coefficient (Wildman–Crippen LogP) is 5.30. The summed E-state index contributed by atoms with van der Waals surface area (Å²) in [5, 5.41) is 2.61. The van der Waals surface area contributed by atoms with E-state index >= 15 is 0 Å². The largest absolute Gasteiger partial charge is 0.247 e. The van der Waals surface area contributed by atoms with Gasteiger partial charge in [-0.05, 0) is 42.0 Å². The van der Waals surface area contributed by atoms with Crippen molar-refractivity contribution in [1.82, 2.24) is 4.98 Å². The number of aryl methyl sites for hydroxylation is 2. The van der Waals surface area contributed by atoms with Crippen LogP contribution >= 0.6 is 0 Å². The Balaban J connectivity index is 2.66. The molecule has 0 atom stereocenters. The maximum absolute atomic E-state index is 4.91. The number of aromatic nitrogens is 1. The number of rotatable bonds is 0. The summed E-state index contributed by atoms with van der Waals surface area (Å²) in [6.07, 6.45) is 0. The lowest BCUT2D eigenvalue weighted by molar-refractivity contribution is 0.600. The fourth-order valence-corrected chi connectivity index (χ4v) is 3.07. The Morgan fingerprint density at radius 3 is 2.20 bits per heavy atom. The van der Waals surface area contributed by atoms with E-state index < -0.39 is 0 Å². The second-order valence-corrected chi connectivity index (χ2v) is 6.68. The average molecular weight is 263 g/mol. The van der Waals surface area contributed by atoms with Gasteiger partial charge in [0.25, 0.3) is 0 Å². The van der Waals surface area contributed by atoms with Crippen LogP contribution in [0.15, 0.2) is 36.4 Å². The monoisotopic (exact) mass is 263 g/mol. The molecule has 0 fully saturated rings.